The van der Waals surface area contributed by atoms with Crippen molar-refractivity contribution < 1.29 is 13.2 Å². The van der Waals surface area contributed by atoms with Crippen LogP contribution in [0.1, 0.15) is 5.82 Å². The number of thiophene rings is 1. The quantitative estimate of drug-likeness (QED) is 0.768. The van der Waals surface area contributed by atoms with Gasteiger partial charge < -0.3 is 9.64 Å². The van der Waals surface area contributed by atoms with Crippen LogP contribution in [0.4, 0.5) is 5.95 Å². The van der Waals surface area contributed by atoms with Crippen molar-refractivity contribution in [2.45, 2.75) is 10.8 Å². The standard InChI is InChI=1S/C11H14BrN5O3S2/c1-17(2)10-14-8(15-11(16-10)20-3)6-13-22(18,19)9-5-4-7(12)21-9/h4-5,13H,6H2,1-3H3. The van der Waals surface area contributed by atoms with Crippen LogP contribution in [-0.2, 0) is 16.6 Å². The van der Waals surface area contributed by atoms with Crippen LogP contribution in [-0.4, -0.2) is 44.6 Å². The molecule has 2 rings (SSSR count). The smallest absolute Gasteiger partial charge is 0.321 e. The van der Waals surface area contributed by atoms with Gasteiger partial charge in [0, 0.05) is 14.1 Å². The van der Waals surface area contributed by atoms with E-state index in [1.54, 1.807) is 25.1 Å². The SMILES string of the molecule is COc1nc(CNS(=O)(=O)c2ccc(Br)s2)nc(N(C)C)n1. The molecule has 0 bridgehead atoms. The number of anilines is 1. The van der Waals surface area contributed by atoms with Crippen molar-refractivity contribution in [2.75, 3.05) is 26.1 Å². The molecule has 0 aliphatic rings. The van der Waals surface area contributed by atoms with Gasteiger partial charge >= 0.3 is 6.01 Å². The summed E-state index contributed by atoms with van der Waals surface area (Å²) < 4.78 is 32.7. The predicted molar refractivity (Wildman–Crippen MR) is 86.8 cm³/mol. The number of halogens is 1. The Morgan fingerprint density at radius 2 is 2.05 bits per heavy atom. The largest absolute Gasteiger partial charge is 0.467 e. The molecule has 8 nitrogen and oxygen atoms in total. The van der Waals surface area contributed by atoms with E-state index in [-0.39, 0.29) is 22.6 Å². The Kier molecular flexibility index (Phi) is 5.32. The van der Waals surface area contributed by atoms with E-state index in [1.807, 2.05) is 0 Å². The minimum Gasteiger partial charge on any atom is -0.467 e. The zero-order valence-corrected chi connectivity index (χ0v) is 15.3. The molecule has 2 aromatic rings. The lowest BCUT2D eigenvalue weighted by molar-refractivity contribution is 0.375. The normalized spacial score (nSPS) is 11.5. The topological polar surface area (TPSA) is 97.3 Å². The molecule has 22 heavy (non-hydrogen) atoms. The van der Waals surface area contributed by atoms with Gasteiger partial charge in [-0.05, 0) is 28.1 Å². The Balaban J connectivity index is 2.19. The van der Waals surface area contributed by atoms with Gasteiger partial charge in [-0.3, -0.25) is 0 Å². The van der Waals surface area contributed by atoms with E-state index in [4.69, 9.17) is 4.74 Å². The van der Waals surface area contributed by atoms with Crippen molar-refractivity contribution in [3.63, 3.8) is 0 Å². The lowest BCUT2D eigenvalue weighted by Crippen LogP contribution is -2.24. The molecule has 0 unspecified atom stereocenters. The first-order valence-corrected chi connectivity index (χ1v) is 9.12. The Hall–Kier alpha value is -1.30. The fourth-order valence-electron chi connectivity index (χ4n) is 1.43. The number of ether oxygens (including phenoxy) is 1. The predicted octanol–water partition coefficient (Wildman–Crippen LogP) is 1.25. The van der Waals surface area contributed by atoms with Gasteiger partial charge in [0.1, 0.15) is 4.21 Å². The molecule has 0 radical (unpaired) electrons. The van der Waals surface area contributed by atoms with Crippen LogP contribution >= 0.6 is 27.3 Å². The molecule has 0 aromatic carbocycles. The molecule has 0 spiro atoms. The highest BCUT2D eigenvalue weighted by molar-refractivity contribution is 9.11. The van der Waals surface area contributed by atoms with Crippen molar-refractivity contribution in [1.82, 2.24) is 19.7 Å². The molecule has 0 saturated heterocycles. The van der Waals surface area contributed by atoms with E-state index >= 15 is 0 Å². The van der Waals surface area contributed by atoms with Crippen LogP contribution in [0, 0.1) is 0 Å². The Morgan fingerprint density at radius 3 is 2.59 bits per heavy atom. The maximum atomic E-state index is 12.2. The molecule has 1 N–H and O–H groups in total. The number of nitrogens with one attached hydrogen (secondary N) is 1. The molecule has 0 fully saturated rings. The summed E-state index contributed by atoms with van der Waals surface area (Å²) in [5.41, 5.74) is 0. The summed E-state index contributed by atoms with van der Waals surface area (Å²) in [6.07, 6.45) is 0. The fourth-order valence-corrected chi connectivity index (χ4v) is 4.46. The summed E-state index contributed by atoms with van der Waals surface area (Å²) in [6.45, 7) is -0.0580. The van der Waals surface area contributed by atoms with Gasteiger partial charge in [0.2, 0.25) is 16.0 Å². The van der Waals surface area contributed by atoms with Crippen LogP contribution < -0.4 is 14.4 Å². The zero-order chi connectivity index (χ0) is 16.3. The van der Waals surface area contributed by atoms with Crippen molar-refractivity contribution >= 4 is 43.2 Å². The van der Waals surface area contributed by atoms with Crippen LogP contribution in [0.15, 0.2) is 20.1 Å². The van der Waals surface area contributed by atoms with Gasteiger partial charge in [0.25, 0.3) is 0 Å². The van der Waals surface area contributed by atoms with E-state index in [1.165, 1.54) is 13.2 Å². The van der Waals surface area contributed by atoms with E-state index < -0.39 is 10.0 Å². The zero-order valence-electron chi connectivity index (χ0n) is 12.1. The van der Waals surface area contributed by atoms with Crippen LogP contribution in [0.5, 0.6) is 6.01 Å². The lowest BCUT2D eigenvalue weighted by Gasteiger charge is -2.12. The average molecular weight is 408 g/mol. The van der Waals surface area contributed by atoms with E-state index in [0.717, 1.165) is 15.1 Å². The number of methoxy groups -OCH3 is 1. The molecule has 2 heterocycles. The van der Waals surface area contributed by atoms with Crippen molar-refractivity contribution in [1.29, 1.82) is 0 Å². The molecule has 120 valence electrons. The molecule has 0 atom stereocenters. The third kappa shape index (κ3) is 4.12. The lowest BCUT2D eigenvalue weighted by atomic mass is 10.6. The van der Waals surface area contributed by atoms with Crippen molar-refractivity contribution in [3.8, 4) is 6.01 Å². The monoisotopic (exact) mass is 407 g/mol. The third-order valence-corrected chi connectivity index (χ3v) is 5.98. The maximum Gasteiger partial charge on any atom is 0.321 e. The molecular formula is C11H14BrN5O3S2. The van der Waals surface area contributed by atoms with Gasteiger partial charge in [-0.25, -0.2) is 13.1 Å². The van der Waals surface area contributed by atoms with Gasteiger partial charge in [0.15, 0.2) is 5.82 Å². The molecule has 0 amide bonds. The molecule has 0 saturated carbocycles. The molecular weight excluding hydrogens is 394 g/mol. The Bertz CT molecular complexity index is 763. The van der Waals surface area contributed by atoms with Crippen LogP contribution in [0.3, 0.4) is 0 Å². The van der Waals surface area contributed by atoms with Crippen LogP contribution in [0.2, 0.25) is 0 Å². The van der Waals surface area contributed by atoms with E-state index in [9.17, 15) is 8.42 Å². The van der Waals surface area contributed by atoms with Gasteiger partial charge in [-0.2, -0.15) is 15.0 Å². The second-order valence-corrected chi connectivity index (χ2v) is 8.77. The number of rotatable bonds is 6. The molecule has 11 heteroatoms. The fraction of sp³-hybridized carbons (Fsp3) is 0.364. The highest BCUT2D eigenvalue weighted by Crippen LogP contribution is 2.25. The van der Waals surface area contributed by atoms with Crippen molar-refractivity contribution in [3.05, 3.63) is 21.7 Å². The average Bonchev–Trinajstić information content (AvgIpc) is 2.92. The first-order valence-electron chi connectivity index (χ1n) is 6.03. The van der Waals surface area contributed by atoms with Gasteiger partial charge in [-0.1, -0.05) is 0 Å². The number of hydrogen-bond acceptors (Lipinski definition) is 8. The molecule has 0 aliphatic heterocycles. The minimum atomic E-state index is -3.61. The van der Waals surface area contributed by atoms with Gasteiger partial charge in [-0.15, -0.1) is 11.3 Å². The Labute approximate surface area is 140 Å². The summed E-state index contributed by atoms with van der Waals surface area (Å²) >= 11 is 4.36. The third-order valence-electron chi connectivity index (χ3n) is 2.47. The number of aromatic nitrogens is 3. The summed E-state index contributed by atoms with van der Waals surface area (Å²) in [5.74, 6) is 0.662. The molecule has 0 aliphatic carbocycles. The highest BCUT2D eigenvalue weighted by Gasteiger charge is 2.17. The summed E-state index contributed by atoms with van der Waals surface area (Å²) in [5, 5.41) is 0. The first-order chi connectivity index (χ1) is 10.3. The summed E-state index contributed by atoms with van der Waals surface area (Å²) in [4.78, 5) is 13.9. The first kappa shape index (κ1) is 17.1. The maximum absolute atomic E-state index is 12.2. The van der Waals surface area contributed by atoms with E-state index in [0.29, 0.717) is 5.95 Å². The molecule has 2 aromatic heterocycles. The number of sulfonamides is 1. The number of nitrogens with zero attached hydrogens (tertiary/aromatic N) is 4. The van der Waals surface area contributed by atoms with Gasteiger partial charge in [0.05, 0.1) is 17.4 Å². The highest BCUT2D eigenvalue weighted by atomic mass is 79.9. The minimum absolute atomic E-state index is 0.0580. The Morgan fingerprint density at radius 1 is 1.32 bits per heavy atom. The van der Waals surface area contributed by atoms with Crippen molar-refractivity contribution in [2.24, 2.45) is 0 Å². The van der Waals surface area contributed by atoms with E-state index in [2.05, 4.69) is 35.6 Å². The second-order valence-electron chi connectivity index (χ2n) is 4.32. The second kappa shape index (κ2) is 6.86. The number of hydrogen-bond donors (Lipinski definition) is 1. The summed E-state index contributed by atoms with van der Waals surface area (Å²) in [7, 11) is 1.37. The van der Waals surface area contributed by atoms with Crippen LogP contribution in [0.25, 0.3) is 0 Å². The summed E-state index contributed by atoms with van der Waals surface area (Å²) in [6, 6.07) is 3.33.